The van der Waals surface area contributed by atoms with Crippen LogP contribution in [0.4, 0.5) is 0 Å². The summed E-state index contributed by atoms with van der Waals surface area (Å²) in [7, 11) is 1.66. The first-order valence-electron chi connectivity index (χ1n) is 8.26. The Balaban J connectivity index is 1.84. The van der Waals surface area contributed by atoms with Gasteiger partial charge >= 0.3 is 0 Å². The van der Waals surface area contributed by atoms with Crippen LogP contribution >= 0.6 is 11.6 Å². The summed E-state index contributed by atoms with van der Waals surface area (Å²) < 4.78 is 1.45. The molecule has 0 bridgehead atoms. The molecule has 1 aliphatic heterocycles. The maximum absolute atomic E-state index is 12.8. The van der Waals surface area contributed by atoms with Crippen molar-refractivity contribution in [1.82, 2.24) is 9.47 Å². The number of aromatic nitrogens is 1. The lowest BCUT2D eigenvalue weighted by Crippen LogP contribution is -2.38. The molecular formula is C19H21ClN2O2. The molecule has 1 aromatic carbocycles. The molecule has 0 unspecified atom stereocenters. The molecule has 3 rings (SSSR count). The van der Waals surface area contributed by atoms with Crippen LogP contribution < -0.4 is 5.56 Å². The molecule has 0 aliphatic carbocycles. The number of hydrogen-bond donors (Lipinski definition) is 0. The number of nitrogens with zero attached hydrogens (tertiary/aromatic N) is 2. The summed E-state index contributed by atoms with van der Waals surface area (Å²) in [5.41, 5.74) is 1.20. The maximum Gasteiger partial charge on any atom is 0.263 e. The number of benzene rings is 1. The number of carbonyl (C=O) groups is 1. The van der Waals surface area contributed by atoms with Crippen molar-refractivity contribution in [3.63, 3.8) is 0 Å². The van der Waals surface area contributed by atoms with E-state index in [2.05, 4.69) is 0 Å². The van der Waals surface area contributed by atoms with Gasteiger partial charge < -0.3 is 9.47 Å². The van der Waals surface area contributed by atoms with Crippen LogP contribution in [0.2, 0.25) is 5.02 Å². The summed E-state index contributed by atoms with van der Waals surface area (Å²) in [5, 5.41) is 0.716. The van der Waals surface area contributed by atoms with Crippen LogP contribution in [0, 0.1) is 0 Å². The zero-order valence-electron chi connectivity index (χ0n) is 13.7. The number of rotatable bonds is 2. The first-order valence-corrected chi connectivity index (χ1v) is 8.64. The fourth-order valence-electron chi connectivity index (χ4n) is 3.26. The second-order valence-corrected chi connectivity index (χ2v) is 6.77. The van der Waals surface area contributed by atoms with Crippen molar-refractivity contribution in [3.8, 4) is 0 Å². The number of likely N-dealkylation sites (tertiary alicyclic amines) is 1. The summed E-state index contributed by atoms with van der Waals surface area (Å²) in [4.78, 5) is 26.9. The van der Waals surface area contributed by atoms with Crippen molar-refractivity contribution in [2.45, 2.75) is 25.2 Å². The van der Waals surface area contributed by atoms with Crippen molar-refractivity contribution in [1.29, 1.82) is 0 Å². The summed E-state index contributed by atoms with van der Waals surface area (Å²) in [5.74, 6) is 0.110. The van der Waals surface area contributed by atoms with Gasteiger partial charge in [-0.1, -0.05) is 30.2 Å². The molecule has 0 spiro atoms. The van der Waals surface area contributed by atoms with Gasteiger partial charge in [-0.2, -0.15) is 0 Å². The summed E-state index contributed by atoms with van der Waals surface area (Å²) in [6.07, 6.45) is 4.74. The third kappa shape index (κ3) is 3.54. The van der Waals surface area contributed by atoms with Gasteiger partial charge in [-0.05, 0) is 42.7 Å². The van der Waals surface area contributed by atoms with Gasteiger partial charge in [-0.15, -0.1) is 0 Å². The van der Waals surface area contributed by atoms with Crippen LogP contribution in [-0.2, 0) is 7.05 Å². The van der Waals surface area contributed by atoms with Crippen molar-refractivity contribution in [2.24, 2.45) is 7.05 Å². The molecule has 5 heteroatoms. The van der Waals surface area contributed by atoms with E-state index in [9.17, 15) is 9.59 Å². The number of pyridine rings is 1. The predicted octanol–water partition coefficient (Wildman–Crippen LogP) is 3.45. The maximum atomic E-state index is 12.8. The number of halogens is 1. The van der Waals surface area contributed by atoms with Gasteiger partial charge in [0.25, 0.3) is 11.5 Å². The highest BCUT2D eigenvalue weighted by atomic mass is 35.5. The molecule has 1 saturated heterocycles. The molecule has 0 radical (unpaired) electrons. The fraction of sp³-hybridized carbons (Fsp3) is 0.368. The van der Waals surface area contributed by atoms with Gasteiger partial charge in [0.2, 0.25) is 0 Å². The van der Waals surface area contributed by atoms with E-state index in [0.717, 1.165) is 19.3 Å². The van der Waals surface area contributed by atoms with Gasteiger partial charge in [-0.3, -0.25) is 9.59 Å². The van der Waals surface area contributed by atoms with E-state index in [1.807, 2.05) is 29.2 Å². The van der Waals surface area contributed by atoms with Gasteiger partial charge in [0, 0.05) is 37.3 Å². The largest absolute Gasteiger partial charge is 0.338 e. The highest BCUT2D eigenvalue weighted by molar-refractivity contribution is 6.30. The summed E-state index contributed by atoms with van der Waals surface area (Å²) >= 11 is 5.97. The topological polar surface area (TPSA) is 42.3 Å². The molecule has 0 N–H and O–H groups in total. The molecule has 126 valence electrons. The second kappa shape index (κ2) is 7.22. The van der Waals surface area contributed by atoms with Crippen LogP contribution in [0.5, 0.6) is 0 Å². The minimum atomic E-state index is -0.241. The summed E-state index contributed by atoms with van der Waals surface area (Å²) in [6.45, 7) is 1.33. The molecule has 1 fully saturated rings. The Morgan fingerprint density at radius 1 is 1.17 bits per heavy atom. The Bertz CT molecular complexity index is 783. The third-order valence-electron chi connectivity index (χ3n) is 4.65. The van der Waals surface area contributed by atoms with Crippen molar-refractivity contribution in [3.05, 3.63) is 69.1 Å². The molecule has 2 aromatic rings. The molecule has 1 amide bonds. The summed E-state index contributed by atoms with van der Waals surface area (Å²) in [6, 6.07) is 11.2. The van der Waals surface area contributed by atoms with Crippen molar-refractivity contribution < 1.29 is 4.79 Å². The van der Waals surface area contributed by atoms with E-state index < -0.39 is 0 Å². The van der Waals surface area contributed by atoms with Crippen LogP contribution in [0.1, 0.15) is 41.1 Å². The molecule has 4 nitrogen and oxygen atoms in total. The monoisotopic (exact) mass is 344 g/mol. The highest BCUT2D eigenvalue weighted by Crippen LogP contribution is 2.28. The lowest BCUT2D eigenvalue weighted by molar-refractivity contribution is 0.0752. The minimum absolute atomic E-state index is 0.169. The zero-order valence-corrected chi connectivity index (χ0v) is 14.5. The van der Waals surface area contributed by atoms with E-state index >= 15 is 0 Å². The lowest BCUT2D eigenvalue weighted by atomic mass is 9.94. The Hall–Kier alpha value is -2.07. The van der Waals surface area contributed by atoms with Crippen LogP contribution in [0.25, 0.3) is 0 Å². The van der Waals surface area contributed by atoms with E-state index in [0.29, 0.717) is 18.1 Å². The average Bonchev–Trinajstić information content (AvgIpc) is 2.84. The SMILES string of the molecule is Cn1cccc(C(=O)N2CCCC[C@H](c3ccc(Cl)cc3)C2)c1=O. The fourth-order valence-corrected chi connectivity index (χ4v) is 3.39. The molecule has 1 aromatic heterocycles. The first-order chi connectivity index (χ1) is 11.6. The molecule has 1 atom stereocenters. The molecule has 1 aliphatic rings. The normalized spacial score (nSPS) is 18.2. The van der Waals surface area contributed by atoms with E-state index in [4.69, 9.17) is 11.6 Å². The average molecular weight is 345 g/mol. The Kier molecular flexibility index (Phi) is 5.05. The van der Waals surface area contributed by atoms with Crippen LogP contribution in [-0.4, -0.2) is 28.5 Å². The first kappa shape index (κ1) is 16.8. The van der Waals surface area contributed by atoms with Crippen molar-refractivity contribution in [2.75, 3.05) is 13.1 Å². The van der Waals surface area contributed by atoms with Crippen LogP contribution in [0.3, 0.4) is 0 Å². The van der Waals surface area contributed by atoms with E-state index in [1.54, 1.807) is 25.4 Å². The standard InChI is InChI=1S/C19H21ClN2O2/c1-21-11-4-6-17(18(21)23)19(24)22-12-3-2-5-15(13-22)14-7-9-16(20)10-8-14/h4,6-11,15H,2-3,5,12-13H2,1H3/t15-/m0/s1. The lowest BCUT2D eigenvalue weighted by Gasteiger charge is -2.25. The zero-order chi connectivity index (χ0) is 17.1. The van der Waals surface area contributed by atoms with E-state index in [-0.39, 0.29) is 22.9 Å². The Labute approximate surface area is 146 Å². The van der Waals surface area contributed by atoms with Crippen molar-refractivity contribution >= 4 is 17.5 Å². The highest BCUT2D eigenvalue weighted by Gasteiger charge is 2.25. The molecular weight excluding hydrogens is 324 g/mol. The number of amides is 1. The number of carbonyl (C=O) groups excluding carboxylic acids is 1. The second-order valence-electron chi connectivity index (χ2n) is 6.33. The Morgan fingerprint density at radius 3 is 2.67 bits per heavy atom. The third-order valence-corrected chi connectivity index (χ3v) is 4.91. The van der Waals surface area contributed by atoms with Crippen LogP contribution in [0.15, 0.2) is 47.4 Å². The number of hydrogen-bond acceptors (Lipinski definition) is 2. The van der Waals surface area contributed by atoms with Gasteiger partial charge in [0.1, 0.15) is 5.56 Å². The van der Waals surface area contributed by atoms with Gasteiger partial charge in [0.15, 0.2) is 0 Å². The number of aryl methyl sites for hydroxylation is 1. The minimum Gasteiger partial charge on any atom is -0.338 e. The Morgan fingerprint density at radius 2 is 1.92 bits per heavy atom. The predicted molar refractivity (Wildman–Crippen MR) is 95.6 cm³/mol. The molecule has 24 heavy (non-hydrogen) atoms. The van der Waals surface area contributed by atoms with E-state index in [1.165, 1.54) is 10.1 Å². The smallest absolute Gasteiger partial charge is 0.263 e. The molecule has 2 heterocycles. The molecule has 0 saturated carbocycles. The van der Waals surface area contributed by atoms with Gasteiger partial charge in [0.05, 0.1) is 0 Å². The quantitative estimate of drug-likeness (QED) is 0.837. The van der Waals surface area contributed by atoms with Gasteiger partial charge in [-0.25, -0.2) is 0 Å².